The topological polar surface area (TPSA) is 42.5 Å². The summed E-state index contributed by atoms with van der Waals surface area (Å²) >= 11 is 5.20. The van der Waals surface area contributed by atoms with Crippen LogP contribution in [0.1, 0.15) is 19.8 Å². The van der Waals surface area contributed by atoms with Crippen molar-refractivity contribution in [1.82, 2.24) is 10.6 Å². The minimum atomic E-state index is 0.250. The molecule has 0 saturated carbocycles. The molecular formula is C11H22N2O2S. The summed E-state index contributed by atoms with van der Waals surface area (Å²) in [5, 5.41) is 7.15. The largest absolute Gasteiger partial charge is 0.383 e. The predicted octanol–water partition coefficient (Wildman–Crippen LogP) is 0.912. The van der Waals surface area contributed by atoms with Crippen LogP contribution in [0, 0.1) is 5.92 Å². The summed E-state index contributed by atoms with van der Waals surface area (Å²) < 4.78 is 10.3. The van der Waals surface area contributed by atoms with Crippen molar-refractivity contribution in [3.63, 3.8) is 0 Å². The van der Waals surface area contributed by atoms with E-state index in [1.807, 2.05) is 6.92 Å². The highest BCUT2D eigenvalue weighted by Gasteiger charge is 2.13. The first-order valence-electron chi connectivity index (χ1n) is 5.83. The van der Waals surface area contributed by atoms with Crippen molar-refractivity contribution in [2.75, 3.05) is 33.5 Å². The van der Waals surface area contributed by atoms with Crippen LogP contribution >= 0.6 is 12.2 Å². The van der Waals surface area contributed by atoms with Gasteiger partial charge in [-0.1, -0.05) is 0 Å². The highest BCUT2D eigenvalue weighted by atomic mass is 32.1. The van der Waals surface area contributed by atoms with E-state index in [-0.39, 0.29) is 6.04 Å². The molecule has 0 aromatic carbocycles. The number of hydrogen-bond donors (Lipinski definition) is 2. The molecule has 0 aliphatic carbocycles. The van der Waals surface area contributed by atoms with Crippen LogP contribution in [-0.4, -0.2) is 44.6 Å². The Kier molecular flexibility index (Phi) is 6.68. The van der Waals surface area contributed by atoms with Crippen molar-refractivity contribution in [2.24, 2.45) is 5.92 Å². The lowest BCUT2D eigenvalue weighted by Gasteiger charge is -2.23. The van der Waals surface area contributed by atoms with Crippen LogP contribution in [0.3, 0.4) is 0 Å². The van der Waals surface area contributed by atoms with Crippen LogP contribution < -0.4 is 10.6 Å². The van der Waals surface area contributed by atoms with Gasteiger partial charge >= 0.3 is 0 Å². The molecule has 94 valence electrons. The van der Waals surface area contributed by atoms with Crippen LogP contribution in [0.2, 0.25) is 0 Å². The normalized spacial score (nSPS) is 19.1. The molecule has 2 N–H and O–H groups in total. The van der Waals surface area contributed by atoms with Gasteiger partial charge in [0.1, 0.15) is 0 Å². The van der Waals surface area contributed by atoms with Crippen LogP contribution in [0.15, 0.2) is 0 Å². The average molecular weight is 246 g/mol. The third-order valence-electron chi connectivity index (χ3n) is 2.69. The summed E-state index contributed by atoms with van der Waals surface area (Å²) in [4.78, 5) is 0. The molecule has 1 saturated heterocycles. The molecule has 1 unspecified atom stereocenters. The van der Waals surface area contributed by atoms with Crippen LogP contribution in [0.4, 0.5) is 0 Å². The van der Waals surface area contributed by atoms with Crippen molar-refractivity contribution in [3.8, 4) is 0 Å². The van der Waals surface area contributed by atoms with Gasteiger partial charge in [0.15, 0.2) is 5.11 Å². The van der Waals surface area contributed by atoms with E-state index >= 15 is 0 Å². The van der Waals surface area contributed by atoms with Gasteiger partial charge in [-0.2, -0.15) is 0 Å². The maximum absolute atomic E-state index is 5.31. The Balaban J connectivity index is 2.09. The Labute approximate surface area is 103 Å². The first-order chi connectivity index (χ1) is 7.72. The van der Waals surface area contributed by atoms with Gasteiger partial charge in [0.25, 0.3) is 0 Å². The lowest BCUT2D eigenvalue weighted by Crippen LogP contribution is -2.44. The van der Waals surface area contributed by atoms with Gasteiger partial charge in [-0.25, -0.2) is 0 Å². The Hall–Kier alpha value is -0.390. The van der Waals surface area contributed by atoms with E-state index in [9.17, 15) is 0 Å². The van der Waals surface area contributed by atoms with E-state index in [0.29, 0.717) is 12.5 Å². The molecule has 0 aromatic heterocycles. The van der Waals surface area contributed by atoms with E-state index in [0.717, 1.165) is 37.7 Å². The van der Waals surface area contributed by atoms with E-state index in [4.69, 9.17) is 21.7 Å². The monoisotopic (exact) mass is 246 g/mol. The second-order valence-corrected chi connectivity index (χ2v) is 4.67. The van der Waals surface area contributed by atoms with Gasteiger partial charge in [0.2, 0.25) is 0 Å². The molecule has 1 aliphatic rings. The molecule has 0 aromatic rings. The summed E-state index contributed by atoms with van der Waals surface area (Å²) in [5.41, 5.74) is 0. The lowest BCUT2D eigenvalue weighted by atomic mass is 10.0. The maximum atomic E-state index is 5.31. The number of methoxy groups -OCH3 is 1. The Bertz CT molecular complexity index is 208. The quantitative estimate of drug-likeness (QED) is 0.706. The Morgan fingerprint density at radius 1 is 1.50 bits per heavy atom. The molecule has 1 rings (SSSR count). The molecule has 4 nitrogen and oxygen atoms in total. The van der Waals surface area contributed by atoms with Crippen LogP contribution in [0.25, 0.3) is 0 Å². The lowest BCUT2D eigenvalue weighted by molar-refractivity contribution is 0.0675. The Morgan fingerprint density at radius 3 is 2.81 bits per heavy atom. The summed E-state index contributed by atoms with van der Waals surface area (Å²) in [6.07, 6.45) is 2.26. The summed E-state index contributed by atoms with van der Waals surface area (Å²) in [6.45, 7) is 5.42. The van der Waals surface area contributed by atoms with Crippen molar-refractivity contribution in [2.45, 2.75) is 25.8 Å². The predicted molar refractivity (Wildman–Crippen MR) is 68.6 cm³/mol. The summed E-state index contributed by atoms with van der Waals surface area (Å²) in [6, 6.07) is 0.250. The molecule has 1 atom stereocenters. The van der Waals surface area contributed by atoms with E-state index in [1.165, 1.54) is 0 Å². The molecule has 0 spiro atoms. The summed E-state index contributed by atoms with van der Waals surface area (Å²) in [7, 11) is 1.69. The highest BCUT2D eigenvalue weighted by Crippen LogP contribution is 2.12. The van der Waals surface area contributed by atoms with Gasteiger partial charge in [0, 0.05) is 32.9 Å². The molecule has 1 heterocycles. The van der Waals surface area contributed by atoms with Gasteiger partial charge in [-0.15, -0.1) is 0 Å². The second kappa shape index (κ2) is 7.81. The number of hydrogen-bond acceptors (Lipinski definition) is 3. The van der Waals surface area contributed by atoms with Crippen LogP contribution in [0.5, 0.6) is 0 Å². The van der Waals surface area contributed by atoms with E-state index in [2.05, 4.69) is 10.6 Å². The fourth-order valence-electron chi connectivity index (χ4n) is 1.75. The summed E-state index contributed by atoms with van der Waals surface area (Å²) in [5.74, 6) is 0.686. The van der Waals surface area contributed by atoms with Gasteiger partial charge < -0.3 is 20.1 Å². The number of nitrogens with one attached hydrogen (secondary N) is 2. The molecule has 0 amide bonds. The molecule has 16 heavy (non-hydrogen) atoms. The first-order valence-corrected chi connectivity index (χ1v) is 6.24. The van der Waals surface area contributed by atoms with E-state index in [1.54, 1.807) is 7.11 Å². The number of thiocarbonyl (C=S) groups is 1. The SMILES string of the molecule is COCC(C)NC(=S)NCC1CCOCC1. The highest BCUT2D eigenvalue weighted by molar-refractivity contribution is 7.80. The third-order valence-corrected chi connectivity index (χ3v) is 2.95. The molecule has 1 aliphatic heterocycles. The Morgan fingerprint density at radius 2 is 2.19 bits per heavy atom. The first kappa shape index (κ1) is 13.7. The maximum Gasteiger partial charge on any atom is 0.166 e. The minimum Gasteiger partial charge on any atom is -0.383 e. The molecule has 5 heteroatoms. The zero-order valence-electron chi connectivity index (χ0n) is 10.1. The van der Waals surface area contributed by atoms with Crippen LogP contribution in [-0.2, 0) is 9.47 Å². The zero-order chi connectivity index (χ0) is 11.8. The van der Waals surface area contributed by atoms with Gasteiger partial charge in [0.05, 0.1) is 6.61 Å². The van der Waals surface area contributed by atoms with Crippen molar-refractivity contribution >= 4 is 17.3 Å². The van der Waals surface area contributed by atoms with E-state index < -0.39 is 0 Å². The zero-order valence-corrected chi connectivity index (χ0v) is 10.9. The third kappa shape index (κ3) is 5.63. The van der Waals surface area contributed by atoms with Gasteiger partial charge in [-0.05, 0) is 37.9 Å². The minimum absolute atomic E-state index is 0.250. The average Bonchev–Trinajstić information content (AvgIpc) is 2.28. The smallest absolute Gasteiger partial charge is 0.166 e. The number of ether oxygens (including phenoxy) is 2. The fourth-order valence-corrected chi connectivity index (χ4v) is 2.04. The molecular weight excluding hydrogens is 224 g/mol. The van der Waals surface area contributed by atoms with Crippen molar-refractivity contribution in [1.29, 1.82) is 0 Å². The van der Waals surface area contributed by atoms with Crippen molar-refractivity contribution in [3.05, 3.63) is 0 Å². The van der Waals surface area contributed by atoms with Gasteiger partial charge in [-0.3, -0.25) is 0 Å². The standard InChI is InChI=1S/C11H22N2O2S/c1-9(8-14-2)13-11(16)12-7-10-3-5-15-6-4-10/h9-10H,3-8H2,1-2H3,(H2,12,13,16). The number of rotatable bonds is 5. The molecule has 1 fully saturated rings. The van der Waals surface area contributed by atoms with Crippen molar-refractivity contribution < 1.29 is 9.47 Å². The second-order valence-electron chi connectivity index (χ2n) is 4.27. The molecule has 0 bridgehead atoms. The fraction of sp³-hybridized carbons (Fsp3) is 0.909. The molecule has 0 radical (unpaired) electrons.